The first-order valence-electron chi connectivity index (χ1n) is 6.95. The summed E-state index contributed by atoms with van der Waals surface area (Å²) in [5.41, 5.74) is 0.0238. The lowest BCUT2D eigenvalue weighted by Gasteiger charge is -2.09. The van der Waals surface area contributed by atoms with Gasteiger partial charge in [0.05, 0.1) is 12.4 Å². The van der Waals surface area contributed by atoms with Crippen LogP contribution in [0, 0.1) is 0 Å². The fraction of sp³-hybridized carbons (Fsp3) is 0.615. The molecule has 0 radical (unpaired) electrons. The number of alkyl halides is 1. The first-order chi connectivity index (χ1) is 10.0. The number of sulfonamides is 1. The first kappa shape index (κ1) is 15.8. The van der Waals surface area contributed by atoms with E-state index in [0.717, 1.165) is 25.7 Å². The number of rotatable bonds is 6. The van der Waals surface area contributed by atoms with Crippen LogP contribution in [0.3, 0.4) is 0 Å². The number of nitrogens with one attached hydrogen (secondary N) is 1. The fourth-order valence-electron chi connectivity index (χ4n) is 2.37. The molecule has 1 N–H and O–H groups in total. The van der Waals surface area contributed by atoms with Crippen molar-refractivity contribution in [3.05, 3.63) is 23.8 Å². The lowest BCUT2D eigenvalue weighted by Crippen LogP contribution is -2.33. The number of carbonyl (C=O) groups excluding carboxylic acids is 1. The number of amides is 1. The van der Waals surface area contributed by atoms with Gasteiger partial charge in [-0.05, 0) is 25.3 Å². The highest BCUT2D eigenvalue weighted by Crippen LogP contribution is 2.31. The van der Waals surface area contributed by atoms with Crippen LogP contribution >= 0.6 is 0 Å². The zero-order valence-electron chi connectivity index (χ0n) is 11.6. The smallest absolute Gasteiger partial charge is 0.266 e. The molecule has 1 saturated carbocycles. The van der Waals surface area contributed by atoms with E-state index < -0.39 is 28.4 Å². The van der Waals surface area contributed by atoms with E-state index in [9.17, 15) is 17.6 Å². The third kappa shape index (κ3) is 4.45. The molecule has 0 aromatic carbocycles. The first-order valence-corrected chi connectivity index (χ1v) is 8.61. The minimum Gasteiger partial charge on any atom is -0.266 e. The molecule has 0 atom stereocenters. The SMILES string of the molecule is O=C(NS(=O)(=O)CCCF)c1ccnc(C2CCCC2)n1. The summed E-state index contributed by atoms with van der Waals surface area (Å²) in [6, 6.07) is 1.37. The highest BCUT2D eigenvalue weighted by atomic mass is 32.2. The molecule has 1 amide bonds. The number of halogens is 1. The van der Waals surface area contributed by atoms with E-state index in [2.05, 4.69) is 9.97 Å². The van der Waals surface area contributed by atoms with Crippen LogP contribution in [0.5, 0.6) is 0 Å². The topological polar surface area (TPSA) is 89.0 Å². The molecule has 1 heterocycles. The second-order valence-electron chi connectivity index (χ2n) is 5.07. The highest BCUT2D eigenvalue weighted by Gasteiger charge is 2.22. The Kier molecular flexibility index (Phi) is 5.22. The lowest BCUT2D eigenvalue weighted by atomic mass is 10.1. The normalized spacial score (nSPS) is 16.0. The molecule has 0 unspecified atom stereocenters. The Labute approximate surface area is 123 Å². The van der Waals surface area contributed by atoms with Crippen molar-refractivity contribution in [1.29, 1.82) is 0 Å². The van der Waals surface area contributed by atoms with Crippen LogP contribution < -0.4 is 4.72 Å². The van der Waals surface area contributed by atoms with E-state index in [1.54, 1.807) is 0 Å². The minimum atomic E-state index is -3.82. The Morgan fingerprint density at radius 3 is 2.76 bits per heavy atom. The summed E-state index contributed by atoms with van der Waals surface area (Å²) >= 11 is 0. The van der Waals surface area contributed by atoms with Crippen LogP contribution in [0.1, 0.15) is 54.3 Å². The van der Waals surface area contributed by atoms with Crippen LogP contribution in [0.15, 0.2) is 12.3 Å². The molecule has 1 aromatic heterocycles. The van der Waals surface area contributed by atoms with Gasteiger partial charge < -0.3 is 0 Å². The molecule has 0 aliphatic heterocycles. The van der Waals surface area contributed by atoms with Crippen molar-refractivity contribution in [3.8, 4) is 0 Å². The van der Waals surface area contributed by atoms with Crippen molar-refractivity contribution in [3.63, 3.8) is 0 Å². The molecule has 1 aliphatic rings. The third-order valence-corrected chi connectivity index (χ3v) is 4.74. The van der Waals surface area contributed by atoms with E-state index in [1.807, 2.05) is 4.72 Å². The standard InChI is InChI=1S/C13H18FN3O3S/c14-7-3-9-21(19,20)17-13(18)11-6-8-15-12(16-11)10-4-1-2-5-10/h6,8,10H,1-5,7,9H2,(H,17,18). The number of aromatic nitrogens is 2. The molecular formula is C13H18FN3O3S. The molecule has 8 heteroatoms. The van der Waals surface area contributed by atoms with Gasteiger partial charge in [-0.15, -0.1) is 0 Å². The number of hydrogen-bond donors (Lipinski definition) is 1. The third-order valence-electron chi connectivity index (χ3n) is 3.42. The van der Waals surface area contributed by atoms with Gasteiger partial charge in [-0.3, -0.25) is 9.18 Å². The largest absolute Gasteiger partial charge is 0.283 e. The van der Waals surface area contributed by atoms with Crippen molar-refractivity contribution < 1.29 is 17.6 Å². The van der Waals surface area contributed by atoms with E-state index in [0.29, 0.717) is 5.82 Å². The Morgan fingerprint density at radius 2 is 2.10 bits per heavy atom. The molecule has 21 heavy (non-hydrogen) atoms. The van der Waals surface area contributed by atoms with Crippen molar-refractivity contribution in [2.24, 2.45) is 0 Å². The van der Waals surface area contributed by atoms with Crippen LogP contribution in [0.25, 0.3) is 0 Å². The van der Waals surface area contributed by atoms with Crippen molar-refractivity contribution in [1.82, 2.24) is 14.7 Å². The summed E-state index contributed by atoms with van der Waals surface area (Å²) in [4.78, 5) is 20.2. The molecule has 0 bridgehead atoms. The Bertz CT molecular complexity index is 600. The molecule has 0 saturated heterocycles. The summed E-state index contributed by atoms with van der Waals surface area (Å²) in [5.74, 6) is -0.395. The molecule has 2 rings (SSSR count). The second-order valence-corrected chi connectivity index (χ2v) is 6.92. The summed E-state index contributed by atoms with van der Waals surface area (Å²) in [6.07, 6.45) is 5.52. The van der Waals surface area contributed by atoms with Crippen molar-refractivity contribution in [2.75, 3.05) is 12.4 Å². The summed E-state index contributed by atoms with van der Waals surface area (Å²) < 4.78 is 37.1. The summed E-state index contributed by atoms with van der Waals surface area (Å²) in [6.45, 7) is -0.742. The maximum atomic E-state index is 12.0. The van der Waals surface area contributed by atoms with Gasteiger partial charge in [0.25, 0.3) is 5.91 Å². The molecule has 1 aliphatic carbocycles. The number of nitrogens with zero attached hydrogens (tertiary/aromatic N) is 2. The van der Waals surface area contributed by atoms with Crippen LogP contribution in [-0.4, -0.2) is 36.7 Å². The van der Waals surface area contributed by atoms with Gasteiger partial charge in [-0.2, -0.15) is 0 Å². The highest BCUT2D eigenvalue weighted by molar-refractivity contribution is 7.90. The molecule has 1 aromatic rings. The molecule has 0 spiro atoms. The van der Waals surface area contributed by atoms with E-state index >= 15 is 0 Å². The van der Waals surface area contributed by atoms with E-state index in [-0.39, 0.29) is 18.0 Å². The summed E-state index contributed by atoms with van der Waals surface area (Å²) in [7, 11) is -3.82. The average Bonchev–Trinajstić information content (AvgIpc) is 2.99. The maximum absolute atomic E-state index is 12.0. The quantitative estimate of drug-likeness (QED) is 0.860. The van der Waals surface area contributed by atoms with Crippen LogP contribution in [-0.2, 0) is 10.0 Å². The fourth-order valence-corrected chi connectivity index (χ4v) is 3.35. The van der Waals surface area contributed by atoms with Gasteiger partial charge in [0.2, 0.25) is 10.0 Å². The monoisotopic (exact) mass is 315 g/mol. The lowest BCUT2D eigenvalue weighted by molar-refractivity contribution is 0.0976. The zero-order chi connectivity index (χ0) is 15.3. The van der Waals surface area contributed by atoms with Gasteiger partial charge in [0, 0.05) is 12.1 Å². The van der Waals surface area contributed by atoms with Gasteiger partial charge in [0.1, 0.15) is 11.5 Å². The van der Waals surface area contributed by atoms with E-state index in [1.165, 1.54) is 12.3 Å². The Hall–Kier alpha value is -1.57. The summed E-state index contributed by atoms with van der Waals surface area (Å²) in [5, 5.41) is 0. The second kappa shape index (κ2) is 6.93. The van der Waals surface area contributed by atoms with Gasteiger partial charge in [-0.25, -0.2) is 23.1 Å². The number of carbonyl (C=O) groups is 1. The number of hydrogen-bond acceptors (Lipinski definition) is 5. The molecular weight excluding hydrogens is 297 g/mol. The predicted molar refractivity (Wildman–Crippen MR) is 75.1 cm³/mol. The van der Waals surface area contributed by atoms with Crippen LogP contribution in [0.4, 0.5) is 4.39 Å². The van der Waals surface area contributed by atoms with Gasteiger partial charge >= 0.3 is 0 Å². The molecule has 6 nitrogen and oxygen atoms in total. The average molecular weight is 315 g/mol. The van der Waals surface area contributed by atoms with E-state index in [4.69, 9.17) is 0 Å². The van der Waals surface area contributed by atoms with Crippen LogP contribution in [0.2, 0.25) is 0 Å². The Balaban J connectivity index is 2.07. The minimum absolute atomic E-state index is 0.0238. The Morgan fingerprint density at radius 1 is 1.38 bits per heavy atom. The molecule has 116 valence electrons. The predicted octanol–water partition coefficient (Wildman–Crippen LogP) is 1.55. The van der Waals surface area contributed by atoms with Crippen molar-refractivity contribution >= 4 is 15.9 Å². The van der Waals surface area contributed by atoms with Crippen molar-refractivity contribution in [2.45, 2.75) is 38.0 Å². The maximum Gasteiger partial charge on any atom is 0.283 e. The molecule has 1 fully saturated rings. The zero-order valence-corrected chi connectivity index (χ0v) is 12.4. The van der Waals surface area contributed by atoms with Gasteiger partial charge in [-0.1, -0.05) is 12.8 Å². The van der Waals surface area contributed by atoms with Gasteiger partial charge in [0.15, 0.2) is 0 Å².